The number of alkyl halides is 1. The van der Waals surface area contributed by atoms with Gasteiger partial charge in [0.05, 0.1) is 23.2 Å². The molecule has 3 aliphatic carbocycles. The van der Waals surface area contributed by atoms with Crippen molar-refractivity contribution in [2.45, 2.75) is 75.7 Å². The standard InChI is InChI=1S/C22H26ClF3N2O3/c1-11(29)27-15-8-12(9-16(15)30)20(31)28-19(17-14(24)3-2-13(23)18(17)25)21-4-6-22(26,10-21)7-5-21/h2-3,12,15-16,19,30H,4-10H2,1H3,(H,27,29)(H,28,31)/t12-,15+,16+,19-,21?,22?/m1/s1. The van der Waals surface area contributed by atoms with Crippen LogP contribution in [0.2, 0.25) is 5.02 Å². The lowest BCUT2D eigenvalue weighted by atomic mass is 9.74. The number of carbonyl (C=O) groups is 2. The van der Waals surface area contributed by atoms with Crippen molar-refractivity contribution in [1.29, 1.82) is 0 Å². The smallest absolute Gasteiger partial charge is 0.223 e. The number of halogens is 4. The van der Waals surface area contributed by atoms with Gasteiger partial charge in [0.25, 0.3) is 0 Å². The Balaban J connectivity index is 1.63. The molecule has 4 rings (SSSR count). The van der Waals surface area contributed by atoms with E-state index in [4.69, 9.17) is 11.6 Å². The van der Waals surface area contributed by atoms with Crippen LogP contribution < -0.4 is 10.6 Å². The van der Waals surface area contributed by atoms with E-state index in [1.807, 2.05) is 0 Å². The Bertz CT molecular complexity index is 904. The van der Waals surface area contributed by atoms with Crippen LogP contribution in [0.5, 0.6) is 0 Å². The highest BCUT2D eigenvalue weighted by molar-refractivity contribution is 6.30. The first kappa shape index (κ1) is 22.4. The Morgan fingerprint density at radius 2 is 1.87 bits per heavy atom. The zero-order valence-electron chi connectivity index (χ0n) is 17.2. The Labute approximate surface area is 183 Å². The van der Waals surface area contributed by atoms with E-state index < -0.39 is 52.7 Å². The van der Waals surface area contributed by atoms with Crippen LogP contribution in [-0.2, 0) is 9.59 Å². The van der Waals surface area contributed by atoms with E-state index in [0.29, 0.717) is 12.8 Å². The molecule has 3 aliphatic rings. The van der Waals surface area contributed by atoms with Gasteiger partial charge in [-0.3, -0.25) is 9.59 Å². The average Bonchev–Trinajstić information content (AvgIpc) is 3.35. The molecule has 2 amide bonds. The number of rotatable bonds is 5. The number of benzene rings is 1. The minimum atomic E-state index is -1.38. The summed E-state index contributed by atoms with van der Waals surface area (Å²) in [4.78, 5) is 24.4. The van der Waals surface area contributed by atoms with E-state index in [1.54, 1.807) is 0 Å². The summed E-state index contributed by atoms with van der Waals surface area (Å²) in [6.45, 7) is 1.32. The molecule has 170 valence electrons. The molecule has 3 N–H and O–H groups in total. The predicted molar refractivity (Wildman–Crippen MR) is 108 cm³/mol. The average molecular weight is 459 g/mol. The first-order chi connectivity index (χ1) is 14.5. The van der Waals surface area contributed by atoms with E-state index in [9.17, 15) is 27.9 Å². The number of carbonyl (C=O) groups excluding carboxylic acids is 2. The normalized spacial score (nSPS) is 35.2. The lowest BCUT2D eigenvalue weighted by molar-refractivity contribution is -0.127. The van der Waals surface area contributed by atoms with Gasteiger partial charge in [0, 0.05) is 18.4 Å². The lowest BCUT2D eigenvalue weighted by Gasteiger charge is -2.37. The van der Waals surface area contributed by atoms with E-state index in [1.165, 1.54) is 6.92 Å². The van der Waals surface area contributed by atoms with Crippen LogP contribution in [0, 0.1) is 23.0 Å². The summed E-state index contributed by atoms with van der Waals surface area (Å²) in [5.41, 5.74) is -2.52. The zero-order chi connectivity index (χ0) is 22.6. The Morgan fingerprint density at radius 3 is 2.45 bits per heavy atom. The van der Waals surface area contributed by atoms with Gasteiger partial charge in [-0.25, -0.2) is 13.2 Å². The minimum absolute atomic E-state index is 0.115. The van der Waals surface area contributed by atoms with Gasteiger partial charge in [0.15, 0.2) is 0 Å². The number of nitrogens with one attached hydrogen (secondary N) is 2. The highest BCUT2D eigenvalue weighted by Crippen LogP contribution is 2.63. The summed E-state index contributed by atoms with van der Waals surface area (Å²) in [6.07, 6.45) is 0.935. The summed E-state index contributed by atoms with van der Waals surface area (Å²) in [5.74, 6) is -3.23. The van der Waals surface area contributed by atoms with Crippen molar-refractivity contribution in [3.8, 4) is 0 Å². The second-order valence-electron chi connectivity index (χ2n) is 9.43. The van der Waals surface area contributed by atoms with E-state index in [0.717, 1.165) is 12.1 Å². The molecular weight excluding hydrogens is 433 g/mol. The minimum Gasteiger partial charge on any atom is -0.391 e. The Hall–Kier alpha value is -1.80. The third-order valence-electron chi connectivity index (χ3n) is 7.37. The highest BCUT2D eigenvalue weighted by Gasteiger charge is 2.59. The molecule has 1 aromatic carbocycles. The SMILES string of the molecule is CC(=O)N[C@H]1C[C@@H](C(=O)N[C@H](c2c(F)ccc(Cl)c2F)C23CCC(F)(CC2)C3)C[C@@H]1O. The van der Waals surface area contributed by atoms with Gasteiger partial charge in [-0.15, -0.1) is 0 Å². The summed E-state index contributed by atoms with van der Waals surface area (Å²) >= 11 is 5.91. The van der Waals surface area contributed by atoms with Gasteiger partial charge in [-0.1, -0.05) is 11.6 Å². The van der Waals surface area contributed by atoms with E-state index >= 15 is 0 Å². The summed E-state index contributed by atoms with van der Waals surface area (Å²) in [6, 6.07) is 0.520. The summed E-state index contributed by atoms with van der Waals surface area (Å²) < 4.78 is 44.7. The quantitative estimate of drug-likeness (QED) is 0.588. The van der Waals surface area contributed by atoms with Gasteiger partial charge < -0.3 is 15.7 Å². The van der Waals surface area contributed by atoms with Gasteiger partial charge in [0.2, 0.25) is 11.8 Å². The number of amides is 2. The molecule has 0 aromatic heterocycles. The zero-order valence-corrected chi connectivity index (χ0v) is 17.9. The van der Waals surface area contributed by atoms with Crippen molar-refractivity contribution < 1.29 is 27.9 Å². The first-order valence-corrected chi connectivity index (χ1v) is 11.0. The third kappa shape index (κ3) is 4.04. The fourth-order valence-electron chi connectivity index (χ4n) is 5.82. The van der Waals surface area contributed by atoms with Crippen LogP contribution >= 0.6 is 11.6 Å². The number of aliphatic hydroxyl groups excluding tert-OH is 1. The lowest BCUT2D eigenvalue weighted by Crippen LogP contribution is -2.42. The van der Waals surface area contributed by atoms with Crippen LogP contribution in [0.1, 0.15) is 63.5 Å². The molecule has 0 aliphatic heterocycles. The Kier molecular flexibility index (Phi) is 5.75. The molecule has 3 saturated carbocycles. The topological polar surface area (TPSA) is 78.4 Å². The third-order valence-corrected chi connectivity index (χ3v) is 7.66. The molecule has 0 saturated heterocycles. The molecule has 4 atom stereocenters. The van der Waals surface area contributed by atoms with Crippen molar-refractivity contribution in [1.82, 2.24) is 10.6 Å². The fourth-order valence-corrected chi connectivity index (χ4v) is 5.98. The maximum Gasteiger partial charge on any atom is 0.223 e. The van der Waals surface area contributed by atoms with Crippen LogP contribution in [0.4, 0.5) is 13.2 Å². The molecule has 31 heavy (non-hydrogen) atoms. The largest absolute Gasteiger partial charge is 0.391 e. The van der Waals surface area contributed by atoms with Crippen molar-refractivity contribution in [2.75, 3.05) is 0 Å². The summed E-state index contributed by atoms with van der Waals surface area (Å²) in [7, 11) is 0. The maximum atomic E-state index is 15.0. The second-order valence-corrected chi connectivity index (χ2v) is 9.84. The molecule has 2 bridgehead atoms. The number of fused-ring (bicyclic) bond motifs is 2. The summed E-state index contributed by atoms with van der Waals surface area (Å²) in [5, 5.41) is 15.3. The van der Waals surface area contributed by atoms with Crippen molar-refractivity contribution in [2.24, 2.45) is 11.3 Å². The number of hydrogen-bond donors (Lipinski definition) is 3. The Morgan fingerprint density at radius 1 is 1.19 bits per heavy atom. The maximum absolute atomic E-state index is 15.0. The van der Waals surface area contributed by atoms with Crippen LogP contribution in [-0.4, -0.2) is 34.7 Å². The monoisotopic (exact) mass is 458 g/mol. The van der Waals surface area contributed by atoms with Crippen LogP contribution in [0.25, 0.3) is 0 Å². The number of hydrogen-bond acceptors (Lipinski definition) is 3. The van der Waals surface area contributed by atoms with Crippen LogP contribution in [0.3, 0.4) is 0 Å². The highest BCUT2D eigenvalue weighted by atomic mass is 35.5. The van der Waals surface area contributed by atoms with Gasteiger partial charge in [-0.2, -0.15) is 0 Å². The van der Waals surface area contributed by atoms with E-state index in [-0.39, 0.29) is 48.6 Å². The predicted octanol–water partition coefficient (Wildman–Crippen LogP) is 3.72. The van der Waals surface area contributed by atoms with Crippen molar-refractivity contribution in [3.05, 3.63) is 34.4 Å². The fraction of sp³-hybridized carbons (Fsp3) is 0.636. The molecule has 9 heteroatoms. The molecular formula is C22H26ClF3N2O3. The van der Waals surface area contributed by atoms with Crippen molar-refractivity contribution in [3.63, 3.8) is 0 Å². The molecule has 3 fully saturated rings. The molecule has 0 unspecified atom stereocenters. The van der Waals surface area contributed by atoms with Crippen LogP contribution in [0.15, 0.2) is 12.1 Å². The molecule has 0 spiro atoms. The molecule has 0 heterocycles. The van der Waals surface area contributed by atoms with E-state index in [2.05, 4.69) is 10.6 Å². The van der Waals surface area contributed by atoms with Gasteiger partial charge >= 0.3 is 0 Å². The first-order valence-electron chi connectivity index (χ1n) is 10.6. The van der Waals surface area contributed by atoms with Crippen molar-refractivity contribution >= 4 is 23.4 Å². The molecule has 0 radical (unpaired) electrons. The molecule has 1 aromatic rings. The van der Waals surface area contributed by atoms with Gasteiger partial charge in [-0.05, 0) is 62.5 Å². The molecule has 5 nitrogen and oxygen atoms in total. The number of aliphatic hydroxyl groups is 1. The second kappa shape index (κ2) is 7.96. The van der Waals surface area contributed by atoms with Gasteiger partial charge in [0.1, 0.15) is 17.3 Å².